The number of urea groups is 1. The monoisotopic (exact) mass is 344 g/mol. The first-order chi connectivity index (χ1) is 11.6. The number of rotatable bonds is 3. The van der Waals surface area contributed by atoms with Gasteiger partial charge >= 0.3 is 6.03 Å². The molecule has 0 saturated carbocycles. The maximum atomic E-state index is 12.9. The van der Waals surface area contributed by atoms with Crippen molar-refractivity contribution in [3.8, 4) is 6.07 Å². The lowest BCUT2D eigenvalue weighted by Crippen LogP contribution is -2.43. The van der Waals surface area contributed by atoms with E-state index in [9.17, 15) is 9.18 Å². The number of anilines is 1. The number of halogens is 1. The van der Waals surface area contributed by atoms with Gasteiger partial charge in [-0.05, 0) is 36.1 Å². The van der Waals surface area contributed by atoms with E-state index in [1.807, 2.05) is 0 Å². The highest BCUT2D eigenvalue weighted by Crippen LogP contribution is 2.34. The van der Waals surface area contributed by atoms with Gasteiger partial charge in [0, 0.05) is 18.0 Å². The van der Waals surface area contributed by atoms with Crippen LogP contribution < -0.4 is 11.1 Å². The number of thiophene rings is 1. The maximum Gasteiger partial charge on any atom is 0.317 e. The molecular weight excluding hydrogens is 327 g/mol. The molecule has 24 heavy (non-hydrogen) atoms. The molecule has 0 atom stereocenters. The standard InChI is InChI=1S/C17H17FN4OS/c18-12-3-1-11(2-4-12)5-7-21-17(23)22-8-6-13-14(9-19)16(20)24-15(13)10-22/h1-4H,5-8,10,20H2,(H,21,23). The van der Waals surface area contributed by atoms with Crippen LogP contribution in [0.15, 0.2) is 24.3 Å². The van der Waals surface area contributed by atoms with Crippen molar-refractivity contribution in [3.05, 3.63) is 51.7 Å². The van der Waals surface area contributed by atoms with Crippen LogP contribution in [0.3, 0.4) is 0 Å². The van der Waals surface area contributed by atoms with Crippen LogP contribution in [0.2, 0.25) is 0 Å². The molecule has 1 aromatic carbocycles. The minimum Gasteiger partial charge on any atom is -0.389 e. The Balaban J connectivity index is 1.54. The zero-order valence-corrected chi connectivity index (χ0v) is 13.8. The number of nitriles is 1. The Bertz CT molecular complexity index is 794. The quantitative estimate of drug-likeness (QED) is 0.898. The molecule has 5 nitrogen and oxygen atoms in total. The summed E-state index contributed by atoms with van der Waals surface area (Å²) in [6.45, 7) is 1.54. The zero-order valence-electron chi connectivity index (χ0n) is 13.0. The van der Waals surface area contributed by atoms with Crippen LogP contribution in [0.1, 0.15) is 21.6 Å². The van der Waals surface area contributed by atoms with Crippen molar-refractivity contribution in [3.63, 3.8) is 0 Å². The number of carbonyl (C=O) groups is 1. The number of nitrogens with zero attached hydrogens (tertiary/aromatic N) is 2. The highest BCUT2D eigenvalue weighted by Gasteiger charge is 2.25. The van der Waals surface area contributed by atoms with Gasteiger partial charge in [0.25, 0.3) is 0 Å². The first kappa shape index (κ1) is 16.3. The van der Waals surface area contributed by atoms with Crippen LogP contribution in [-0.4, -0.2) is 24.0 Å². The molecular formula is C17H17FN4OS. The summed E-state index contributed by atoms with van der Waals surface area (Å²) in [5, 5.41) is 12.6. The molecule has 0 bridgehead atoms. The summed E-state index contributed by atoms with van der Waals surface area (Å²) in [4.78, 5) is 15.0. The van der Waals surface area contributed by atoms with Crippen molar-refractivity contribution in [1.29, 1.82) is 5.26 Å². The summed E-state index contributed by atoms with van der Waals surface area (Å²) < 4.78 is 12.9. The Kier molecular flexibility index (Phi) is 4.67. The number of nitrogen functional groups attached to an aromatic ring is 1. The smallest absolute Gasteiger partial charge is 0.317 e. The van der Waals surface area contributed by atoms with E-state index in [-0.39, 0.29) is 11.8 Å². The third kappa shape index (κ3) is 3.34. The number of amides is 2. The number of hydrogen-bond acceptors (Lipinski definition) is 4. The second-order valence-electron chi connectivity index (χ2n) is 5.63. The summed E-state index contributed by atoms with van der Waals surface area (Å²) in [7, 11) is 0. The predicted octanol–water partition coefficient (Wildman–Crippen LogP) is 2.65. The Morgan fingerprint density at radius 3 is 2.88 bits per heavy atom. The lowest BCUT2D eigenvalue weighted by Gasteiger charge is -2.27. The molecule has 2 heterocycles. The van der Waals surface area contributed by atoms with Crippen molar-refractivity contribution in [2.45, 2.75) is 19.4 Å². The largest absolute Gasteiger partial charge is 0.389 e. The number of hydrogen-bond donors (Lipinski definition) is 2. The lowest BCUT2D eigenvalue weighted by atomic mass is 10.0. The number of fused-ring (bicyclic) bond motifs is 1. The Morgan fingerprint density at radius 1 is 1.42 bits per heavy atom. The second-order valence-corrected chi connectivity index (χ2v) is 6.77. The van der Waals surface area contributed by atoms with Crippen LogP contribution in [0.5, 0.6) is 0 Å². The van der Waals surface area contributed by atoms with Crippen molar-refractivity contribution < 1.29 is 9.18 Å². The minimum atomic E-state index is -0.265. The van der Waals surface area contributed by atoms with Gasteiger partial charge in [0.2, 0.25) is 0 Å². The molecule has 0 fully saturated rings. The van der Waals surface area contributed by atoms with Crippen molar-refractivity contribution >= 4 is 22.4 Å². The molecule has 2 amide bonds. The van der Waals surface area contributed by atoms with E-state index in [0.717, 1.165) is 16.0 Å². The van der Waals surface area contributed by atoms with Gasteiger partial charge in [-0.1, -0.05) is 12.1 Å². The van der Waals surface area contributed by atoms with Gasteiger partial charge in [-0.2, -0.15) is 5.26 Å². The van der Waals surface area contributed by atoms with E-state index in [0.29, 0.717) is 43.0 Å². The van der Waals surface area contributed by atoms with Crippen LogP contribution in [0, 0.1) is 17.1 Å². The van der Waals surface area contributed by atoms with E-state index < -0.39 is 0 Å². The first-order valence-electron chi connectivity index (χ1n) is 7.66. The summed E-state index contributed by atoms with van der Waals surface area (Å²) in [6.07, 6.45) is 1.30. The fourth-order valence-electron chi connectivity index (χ4n) is 2.80. The maximum absolute atomic E-state index is 12.9. The van der Waals surface area contributed by atoms with E-state index in [1.54, 1.807) is 17.0 Å². The van der Waals surface area contributed by atoms with Gasteiger partial charge in [-0.25, -0.2) is 9.18 Å². The predicted molar refractivity (Wildman–Crippen MR) is 91.1 cm³/mol. The summed E-state index contributed by atoms with van der Waals surface area (Å²) in [6, 6.07) is 8.27. The molecule has 0 unspecified atom stereocenters. The van der Waals surface area contributed by atoms with Gasteiger partial charge in [0.1, 0.15) is 16.9 Å². The molecule has 1 aromatic heterocycles. The van der Waals surface area contributed by atoms with Crippen LogP contribution in [0.25, 0.3) is 0 Å². The first-order valence-corrected chi connectivity index (χ1v) is 8.47. The van der Waals surface area contributed by atoms with Crippen molar-refractivity contribution in [2.75, 3.05) is 18.8 Å². The van der Waals surface area contributed by atoms with Crippen LogP contribution >= 0.6 is 11.3 Å². The highest BCUT2D eigenvalue weighted by molar-refractivity contribution is 7.16. The minimum absolute atomic E-state index is 0.131. The van der Waals surface area contributed by atoms with Gasteiger partial charge in [0.05, 0.1) is 12.1 Å². The molecule has 3 rings (SSSR count). The normalized spacial score (nSPS) is 13.2. The van der Waals surface area contributed by atoms with E-state index in [2.05, 4.69) is 11.4 Å². The summed E-state index contributed by atoms with van der Waals surface area (Å²) >= 11 is 1.38. The molecule has 2 aromatic rings. The van der Waals surface area contributed by atoms with Crippen LogP contribution in [0.4, 0.5) is 14.2 Å². The topological polar surface area (TPSA) is 82.2 Å². The average Bonchev–Trinajstić information content (AvgIpc) is 2.90. The Morgan fingerprint density at radius 2 is 2.17 bits per heavy atom. The third-order valence-electron chi connectivity index (χ3n) is 4.09. The van der Waals surface area contributed by atoms with E-state index in [4.69, 9.17) is 11.0 Å². The molecule has 0 aliphatic carbocycles. The zero-order chi connectivity index (χ0) is 17.1. The number of benzene rings is 1. The fraction of sp³-hybridized carbons (Fsp3) is 0.294. The Labute approximate surface area is 143 Å². The molecule has 0 spiro atoms. The summed E-state index contributed by atoms with van der Waals surface area (Å²) in [5.74, 6) is -0.265. The van der Waals surface area contributed by atoms with Gasteiger partial charge in [-0.3, -0.25) is 0 Å². The molecule has 1 aliphatic heterocycles. The molecule has 0 radical (unpaired) electrons. The van der Waals surface area contributed by atoms with Crippen LogP contribution in [-0.2, 0) is 19.4 Å². The SMILES string of the molecule is N#Cc1c(N)sc2c1CCN(C(=O)NCCc1ccc(F)cc1)C2. The van der Waals surface area contributed by atoms with E-state index in [1.165, 1.54) is 23.5 Å². The van der Waals surface area contributed by atoms with Crippen molar-refractivity contribution in [2.24, 2.45) is 0 Å². The number of nitrogens with two attached hydrogens (primary N) is 1. The summed E-state index contributed by atoms with van der Waals surface area (Å²) in [5.41, 5.74) is 8.38. The lowest BCUT2D eigenvalue weighted by molar-refractivity contribution is 0.193. The average molecular weight is 344 g/mol. The molecule has 3 N–H and O–H groups in total. The fourth-order valence-corrected chi connectivity index (χ4v) is 3.88. The molecule has 1 aliphatic rings. The number of nitrogens with one attached hydrogen (secondary N) is 1. The van der Waals surface area contributed by atoms with Gasteiger partial charge in [-0.15, -0.1) is 11.3 Å². The van der Waals surface area contributed by atoms with Gasteiger partial charge in [0.15, 0.2) is 0 Å². The molecule has 7 heteroatoms. The Hall–Kier alpha value is -2.59. The molecule has 124 valence electrons. The third-order valence-corrected chi connectivity index (χ3v) is 5.13. The van der Waals surface area contributed by atoms with Gasteiger partial charge < -0.3 is 16.0 Å². The second kappa shape index (κ2) is 6.89. The van der Waals surface area contributed by atoms with Crippen molar-refractivity contribution in [1.82, 2.24) is 10.2 Å². The number of carbonyl (C=O) groups excluding carboxylic acids is 1. The molecule has 0 saturated heterocycles. The highest BCUT2D eigenvalue weighted by atomic mass is 32.1. The van der Waals surface area contributed by atoms with E-state index >= 15 is 0 Å².